The number of thiazole rings is 1. The lowest BCUT2D eigenvalue weighted by Crippen LogP contribution is -2.27. The maximum absolute atomic E-state index is 13.9. The highest BCUT2D eigenvalue weighted by molar-refractivity contribution is 7.14. The molecule has 45 heavy (non-hydrogen) atoms. The monoisotopic (exact) mass is 628 g/mol. The summed E-state index contributed by atoms with van der Waals surface area (Å²) in [6, 6.07) is 27.4. The smallest absolute Gasteiger partial charge is 0.413 e. The van der Waals surface area contributed by atoms with Gasteiger partial charge in [0.2, 0.25) is 0 Å². The van der Waals surface area contributed by atoms with Gasteiger partial charge in [-0.3, -0.25) is 14.9 Å². The van der Waals surface area contributed by atoms with Crippen LogP contribution in [-0.4, -0.2) is 42.2 Å². The maximum atomic E-state index is 13.9. The van der Waals surface area contributed by atoms with Crippen molar-refractivity contribution in [2.75, 3.05) is 18.5 Å². The average molecular weight is 629 g/mol. The molecule has 0 aliphatic rings. The number of anilines is 1. The van der Waals surface area contributed by atoms with Crippen molar-refractivity contribution in [3.63, 3.8) is 0 Å². The van der Waals surface area contributed by atoms with Gasteiger partial charge in [-0.2, -0.15) is 0 Å². The molecule has 232 valence electrons. The first kappa shape index (κ1) is 32.6. The third-order valence-corrected chi connectivity index (χ3v) is 7.02. The molecule has 4 aromatic rings. The Labute approximate surface area is 264 Å². The van der Waals surface area contributed by atoms with E-state index in [0.29, 0.717) is 11.1 Å². The van der Waals surface area contributed by atoms with Gasteiger partial charge >= 0.3 is 24.0 Å². The zero-order chi connectivity index (χ0) is 32.0. The van der Waals surface area contributed by atoms with Gasteiger partial charge in [0.05, 0.1) is 24.5 Å². The van der Waals surface area contributed by atoms with Crippen LogP contribution in [0.15, 0.2) is 102 Å². The lowest BCUT2D eigenvalue weighted by Gasteiger charge is -2.20. The van der Waals surface area contributed by atoms with Crippen LogP contribution in [0.3, 0.4) is 0 Å². The topological polar surface area (TPSA) is 130 Å². The fraction of sp³-hybridized carbons (Fsp3) is 0.206. The van der Waals surface area contributed by atoms with Gasteiger partial charge in [-0.15, -0.1) is 11.3 Å². The number of nitrogens with one attached hydrogen (secondary N) is 1. The summed E-state index contributed by atoms with van der Waals surface area (Å²) in [6.07, 6.45) is -0.453. The Bertz CT molecular complexity index is 1550. The largest absolute Gasteiger partial charge is 0.465 e. The minimum absolute atomic E-state index is 0.00229. The normalized spacial score (nSPS) is 11.2. The first-order chi connectivity index (χ1) is 21.9. The fourth-order valence-electron chi connectivity index (χ4n) is 4.18. The molecule has 0 radical (unpaired) electrons. The lowest BCUT2D eigenvalue weighted by atomic mass is 10.0. The molecule has 1 N–H and O–H groups in total. The van der Waals surface area contributed by atoms with Crippen molar-refractivity contribution in [2.24, 2.45) is 5.92 Å². The van der Waals surface area contributed by atoms with Crippen molar-refractivity contribution in [2.45, 2.75) is 26.6 Å². The number of amides is 1. The second kappa shape index (κ2) is 16.5. The van der Waals surface area contributed by atoms with E-state index in [2.05, 4.69) is 10.3 Å². The van der Waals surface area contributed by atoms with Crippen LogP contribution in [-0.2, 0) is 39.9 Å². The third-order valence-electron chi connectivity index (χ3n) is 6.27. The Morgan fingerprint density at radius 1 is 0.778 bits per heavy atom. The molecule has 0 unspecified atom stereocenters. The Morgan fingerprint density at radius 3 is 1.84 bits per heavy atom. The second-order valence-electron chi connectivity index (χ2n) is 9.39. The van der Waals surface area contributed by atoms with Crippen LogP contribution in [0.1, 0.15) is 42.3 Å². The molecule has 10 nitrogen and oxygen atoms in total. The van der Waals surface area contributed by atoms with Gasteiger partial charge in [-0.25, -0.2) is 14.6 Å². The molecular formula is C34H32N2O8S. The van der Waals surface area contributed by atoms with E-state index in [1.165, 1.54) is 5.38 Å². The Hall–Kier alpha value is -5.29. The van der Waals surface area contributed by atoms with Crippen molar-refractivity contribution >= 4 is 46.0 Å². The molecule has 0 fully saturated rings. The molecule has 1 aromatic heterocycles. The zero-order valence-corrected chi connectivity index (χ0v) is 25.5. The second-order valence-corrected chi connectivity index (χ2v) is 10.3. The predicted octanol–water partition coefficient (Wildman–Crippen LogP) is 6.35. The van der Waals surface area contributed by atoms with Crippen molar-refractivity contribution in [1.29, 1.82) is 0 Å². The quantitative estimate of drug-likeness (QED) is 0.0779. The van der Waals surface area contributed by atoms with E-state index in [0.717, 1.165) is 23.0 Å². The van der Waals surface area contributed by atoms with Crippen molar-refractivity contribution in [3.05, 3.63) is 125 Å². The number of hydrogen-bond acceptors (Lipinski definition) is 10. The highest BCUT2D eigenvalue weighted by Crippen LogP contribution is 2.31. The van der Waals surface area contributed by atoms with Crippen LogP contribution in [0.2, 0.25) is 0 Å². The van der Waals surface area contributed by atoms with E-state index in [4.69, 9.17) is 18.9 Å². The van der Waals surface area contributed by atoms with E-state index >= 15 is 0 Å². The molecule has 0 aliphatic heterocycles. The average Bonchev–Trinajstić information content (AvgIpc) is 3.52. The summed E-state index contributed by atoms with van der Waals surface area (Å²) in [5.74, 6) is -4.24. The lowest BCUT2D eigenvalue weighted by molar-refractivity contribution is -0.158. The predicted molar refractivity (Wildman–Crippen MR) is 168 cm³/mol. The number of carbonyl (C=O) groups is 4. The fourth-order valence-corrected chi connectivity index (χ4v) is 4.87. The van der Waals surface area contributed by atoms with Crippen LogP contribution < -0.4 is 5.32 Å². The third kappa shape index (κ3) is 9.35. The van der Waals surface area contributed by atoms with Crippen molar-refractivity contribution in [3.8, 4) is 0 Å². The Morgan fingerprint density at radius 2 is 1.31 bits per heavy atom. The number of carbonyl (C=O) groups excluding carboxylic acids is 4. The van der Waals surface area contributed by atoms with E-state index < -0.39 is 36.0 Å². The number of hydrogen-bond donors (Lipinski definition) is 1. The number of rotatable bonds is 13. The molecular weight excluding hydrogens is 596 g/mol. The van der Waals surface area contributed by atoms with Crippen LogP contribution in [0.4, 0.5) is 9.93 Å². The van der Waals surface area contributed by atoms with Gasteiger partial charge in [-0.1, -0.05) is 91.0 Å². The maximum Gasteiger partial charge on any atom is 0.413 e. The van der Waals surface area contributed by atoms with Gasteiger partial charge in [-0.05, 0) is 36.6 Å². The number of ether oxygens (including phenoxy) is 4. The molecule has 11 heteroatoms. The highest BCUT2D eigenvalue weighted by atomic mass is 32.1. The van der Waals surface area contributed by atoms with E-state index in [9.17, 15) is 19.2 Å². The minimum Gasteiger partial charge on any atom is -0.465 e. The van der Waals surface area contributed by atoms with E-state index in [1.54, 1.807) is 13.8 Å². The van der Waals surface area contributed by atoms with E-state index in [1.807, 2.05) is 91.0 Å². The van der Waals surface area contributed by atoms with Gasteiger partial charge in [0.25, 0.3) is 0 Å². The number of aromatic nitrogens is 1. The first-order valence-corrected chi connectivity index (χ1v) is 15.1. The highest BCUT2D eigenvalue weighted by Gasteiger charge is 2.32. The molecule has 0 saturated carbocycles. The zero-order valence-electron chi connectivity index (χ0n) is 24.7. The first-order valence-electron chi connectivity index (χ1n) is 14.2. The van der Waals surface area contributed by atoms with Gasteiger partial charge in [0.1, 0.15) is 6.61 Å². The van der Waals surface area contributed by atoms with Gasteiger partial charge in [0, 0.05) is 5.38 Å². The number of nitrogens with zero attached hydrogens (tertiary/aromatic N) is 1. The SMILES string of the molecule is CCOC(=O)C(C=C(C(=O)OC(c1ccccc1)c1ccccc1)c1csc(NC(=O)OCc2ccccc2)n1)C(=O)OCC. The Kier molecular flexibility index (Phi) is 12.0. The summed E-state index contributed by atoms with van der Waals surface area (Å²) in [6.45, 7) is 3.24. The summed E-state index contributed by atoms with van der Waals surface area (Å²) in [7, 11) is 0. The van der Waals surface area contributed by atoms with Crippen LogP contribution in [0.25, 0.3) is 5.57 Å². The Balaban J connectivity index is 1.66. The van der Waals surface area contributed by atoms with Crippen molar-refractivity contribution < 1.29 is 38.1 Å². The molecule has 0 atom stereocenters. The van der Waals surface area contributed by atoms with E-state index in [-0.39, 0.29) is 36.2 Å². The van der Waals surface area contributed by atoms with Crippen molar-refractivity contribution in [1.82, 2.24) is 4.98 Å². The molecule has 1 heterocycles. The summed E-state index contributed by atoms with van der Waals surface area (Å²) in [4.78, 5) is 56.5. The van der Waals surface area contributed by atoms with Crippen LogP contribution in [0.5, 0.6) is 0 Å². The van der Waals surface area contributed by atoms with Crippen LogP contribution in [0, 0.1) is 5.92 Å². The molecule has 1 amide bonds. The van der Waals surface area contributed by atoms with Gasteiger partial charge < -0.3 is 18.9 Å². The number of benzene rings is 3. The molecule has 4 rings (SSSR count). The summed E-state index contributed by atoms with van der Waals surface area (Å²) < 4.78 is 21.5. The molecule has 0 saturated heterocycles. The summed E-state index contributed by atoms with van der Waals surface area (Å²) in [5.41, 5.74) is 2.06. The summed E-state index contributed by atoms with van der Waals surface area (Å²) >= 11 is 1.02. The molecule has 0 aliphatic carbocycles. The molecule has 0 spiro atoms. The minimum atomic E-state index is -1.58. The molecule has 3 aromatic carbocycles. The van der Waals surface area contributed by atoms with Gasteiger partial charge in [0.15, 0.2) is 17.2 Å². The number of esters is 3. The molecule has 0 bridgehead atoms. The summed E-state index contributed by atoms with van der Waals surface area (Å²) in [5, 5.41) is 4.15. The standard InChI is InChI=1S/C34H32N2O8S/c1-3-41-30(37)27(31(38)42-4-2)20-26(28-22-45-33(35-28)36-34(40)43-21-23-14-8-5-9-15-23)32(39)44-29(24-16-10-6-11-17-24)25-18-12-7-13-19-25/h5-20,22,27,29H,3-4,21H2,1-2H3,(H,35,36,40). The van der Waals surface area contributed by atoms with Crippen LogP contribution >= 0.6 is 11.3 Å².